The van der Waals surface area contributed by atoms with Crippen LogP contribution in [-0.2, 0) is 0 Å². The standard InChI is InChI=1S/C7H6FN3/c8-7-5-3-4(9)1-2-6(5)10-11-7/h1-3H,9H2,(H,10,11). The van der Waals surface area contributed by atoms with Gasteiger partial charge >= 0.3 is 0 Å². The summed E-state index contributed by atoms with van der Waals surface area (Å²) in [6, 6.07) is 4.94. The average molecular weight is 151 g/mol. The number of nitrogens with one attached hydrogen (secondary N) is 1. The number of aromatic nitrogens is 2. The van der Waals surface area contributed by atoms with Crippen LogP contribution in [0.2, 0.25) is 0 Å². The average Bonchev–Trinajstić information content (AvgIpc) is 2.33. The third kappa shape index (κ3) is 0.832. The molecule has 0 aliphatic rings. The number of benzene rings is 1. The molecule has 2 aromatic rings. The van der Waals surface area contributed by atoms with Crippen LogP contribution in [0.1, 0.15) is 0 Å². The highest BCUT2D eigenvalue weighted by atomic mass is 19.1. The minimum Gasteiger partial charge on any atom is -0.399 e. The van der Waals surface area contributed by atoms with E-state index in [1.165, 1.54) is 0 Å². The van der Waals surface area contributed by atoms with Gasteiger partial charge in [0.1, 0.15) is 0 Å². The van der Waals surface area contributed by atoms with Crippen molar-refractivity contribution in [1.29, 1.82) is 0 Å². The van der Waals surface area contributed by atoms with E-state index < -0.39 is 5.95 Å². The largest absolute Gasteiger partial charge is 0.399 e. The third-order valence-corrected chi connectivity index (χ3v) is 1.54. The van der Waals surface area contributed by atoms with E-state index in [1.54, 1.807) is 18.2 Å². The second kappa shape index (κ2) is 1.95. The number of H-pyrrole nitrogens is 1. The molecule has 0 spiro atoms. The quantitative estimate of drug-likeness (QED) is 0.557. The fourth-order valence-corrected chi connectivity index (χ4v) is 1.000. The lowest BCUT2D eigenvalue weighted by Gasteiger charge is -1.90. The van der Waals surface area contributed by atoms with E-state index >= 15 is 0 Å². The van der Waals surface area contributed by atoms with Crippen molar-refractivity contribution in [3.8, 4) is 0 Å². The summed E-state index contributed by atoms with van der Waals surface area (Å²) in [7, 11) is 0. The number of nitrogens with zero attached hydrogens (tertiary/aromatic N) is 1. The molecule has 1 heterocycles. The minimum absolute atomic E-state index is 0.435. The Labute approximate surface area is 62.0 Å². The van der Waals surface area contributed by atoms with E-state index in [9.17, 15) is 4.39 Å². The maximum atomic E-state index is 12.7. The van der Waals surface area contributed by atoms with Gasteiger partial charge in [0.15, 0.2) is 0 Å². The normalized spacial score (nSPS) is 10.6. The zero-order valence-electron chi connectivity index (χ0n) is 5.63. The second-order valence-electron chi connectivity index (χ2n) is 2.32. The number of rotatable bonds is 0. The molecule has 3 N–H and O–H groups in total. The highest BCUT2D eigenvalue weighted by Crippen LogP contribution is 2.16. The van der Waals surface area contributed by atoms with Gasteiger partial charge in [-0.05, 0) is 18.2 Å². The monoisotopic (exact) mass is 151 g/mol. The molecule has 2 rings (SSSR count). The van der Waals surface area contributed by atoms with Crippen LogP contribution in [0, 0.1) is 5.95 Å². The van der Waals surface area contributed by atoms with Crippen molar-refractivity contribution in [2.24, 2.45) is 0 Å². The van der Waals surface area contributed by atoms with Gasteiger partial charge in [0.2, 0.25) is 5.95 Å². The van der Waals surface area contributed by atoms with Crippen LogP contribution in [0.4, 0.5) is 10.1 Å². The number of nitrogen functional groups attached to an aromatic ring is 1. The molecular formula is C7H6FN3. The van der Waals surface area contributed by atoms with E-state index in [0.29, 0.717) is 16.6 Å². The summed E-state index contributed by atoms with van der Waals surface area (Å²) in [5.74, 6) is -0.507. The molecule has 0 saturated heterocycles. The number of hydrogen-bond donors (Lipinski definition) is 2. The lowest BCUT2D eigenvalue weighted by molar-refractivity contribution is 0.588. The lowest BCUT2D eigenvalue weighted by Crippen LogP contribution is -1.82. The molecule has 0 aliphatic heterocycles. The molecule has 0 radical (unpaired) electrons. The fourth-order valence-electron chi connectivity index (χ4n) is 1.000. The Morgan fingerprint density at radius 3 is 3.09 bits per heavy atom. The minimum atomic E-state index is -0.507. The highest BCUT2D eigenvalue weighted by Gasteiger charge is 2.02. The van der Waals surface area contributed by atoms with Gasteiger partial charge in [0, 0.05) is 5.69 Å². The predicted octanol–water partition coefficient (Wildman–Crippen LogP) is 1.28. The first-order valence-corrected chi connectivity index (χ1v) is 3.16. The summed E-state index contributed by atoms with van der Waals surface area (Å²) in [4.78, 5) is 0. The van der Waals surface area contributed by atoms with E-state index in [0.717, 1.165) is 0 Å². The number of halogens is 1. The van der Waals surface area contributed by atoms with Crippen molar-refractivity contribution in [2.45, 2.75) is 0 Å². The molecule has 0 unspecified atom stereocenters. The molecule has 0 amide bonds. The molecule has 0 bridgehead atoms. The highest BCUT2D eigenvalue weighted by molar-refractivity contribution is 5.81. The molecule has 3 nitrogen and oxygen atoms in total. The SMILES string of the molecule is Nc1ccc2[nH]nc(F)c2c1. The molecule has 0 aliphatic carbocycles. The van der Waals surface area contributed by atoms with Crippen molar-refractivity contribution in [1.82, 2.24) is 10.2 Å². The summed E-state index contributed by atoms with van der Waals surface area (Å²) in [5, 5.41) is 6.36. The molecule has 0 atom stereocenters. The van der Waals surface area contributed by atoms with Crippen molar-refractivity contribution < 1.29 is 4.39 Å². The number of fused-ring (bicyclic) bond motifs is 1. The molecule has 0 fully saturated rings. The number of hydrogen-bond acceptors (Lipinski definition) is 2. The van der Waals surface area contributed by atoms with Gasteiger partial charge in [-0.25, -0.2) is 0 Å². The van der Waals surface area contributed by atoms with Crippen molar-refractivity contribution in [3.63, 3.8) is 0 Å². The summed E-state index contributed by atoms with van der Waals surface area (Å²) >= 11 is 0. The summed E-state index contributed by atoms with van der Waals surface area (Å²) in [6.45, 7) is 0. The second-order valence-corrected chi connectivity index (χ2v) is 2.32. The first kappa shape index (κ1) is 6.15. The van der Waals surface area contributed by atoms with Gasteiger partial charge in [0.25, 0.3) is 0 Å². The molecular weight excluding hydrogens is 145 g/mol. The van der Waals surface area contributed by atoms with E-state index in [4.69, 9.17) is 5.73 Å². The maximum Gasteiger partial charge on any atom is 0.240 e. The Kier molecular flexibility index (Phi) is 1.09. The summed E-state index contributed by atoms with van der Waals surface area (Å²) in [6.07, 6.45) is 0. The molecule has 1 aromatic heterocycles. The molecule has 56 valence electrons. The van der Waals surface area contributed by atoms with Crippen LogP contribution >= 0.6 is 0 Å². The van der Waals surface area contributed by atoms with Crippen LogP contribution in [0.5, 0.6) is 0 Å². The Morgan fingerprint density at radius 2 is 2.27 bits per heavy atom. The third-order valence-electron chi connectivity index (χ3n) is 1.54. The van der Waals surface area contributed by atoms with Crippen LogP contribution in [-0.4, -0.2) is 10.2 Å². The summed E-state index contributed by atoms with van der Waals surface area (Å²) < 4.78 is 12.7. The van der Waals surface area contributed by atoms with Gasteiger partial charge in [-0.1, -0.05) is 0 Å². The van der Waals surface area contributed by atoms with Crippen LogP contribution in [0.3, 0.4) is 0 Å². The van der Waals surface area contributed by atoms with Gasteiger partial charge in [0.05, 0.1) is 10.9 Å². The topological polar surface area (TPSA) is 54.7 Å². The summed E-state index contributed by atoms with van der Waals surface area (Å²) in [5.41, 5.74) is 6.65. The van der Waals surface area contributed by atoms with Crippen molar-refractivity contribution in [3.05, 3.63) is 24.1 Å². The smallest absolute Gasteiger partial charge is 0.240 e. The first-order chi connectivity index (χ1) is 5.27. The number of anilines is 1. The van der Waals surface area contributed by atoms with Gasteiger partial charge in [-0.3, -0.25) is 5.10 Å². The maximum absolute atomic E-state index is 12.7. The van der Waals surface area contributed by atoms with Crippen LogP contribution < -0.4 is 5.73 Å². The van der Waals surface area contributed by atoms with E-state index in [-0.39, 0.29) is 0 Å². The van der Waals surface area contributed by atoms with Gasteiger partial charge in [-0.2, -0.15) is 4.39 Å². The molecule has 4 heteroatoms. The van der Waals surface area contributed by atoms with Crippen molar-refractivity contribution >= 4 is 16.6 Å². The molecule has 0 saturated carbocycles. The fraction of sp³-hybridized carbons (Fsp3) is 0. The Hall–Kier alpha value is -1.58. The van der Waals surface area contributed by atoms with E-state index in [2.05, 4.69) is 10.2 Å². The number of aromatic amines is 1. The Balaban J connectivity index is 2.87. The lowest BCUT2D eigenvalue weighted by atomic mass is 10.2. The Morgan fingerprint density at radius 1 is 1.45 bits per heavy atom. The molecule has 1 aromatic carbocycles. The number of nitrogens with two attached hydrogens (primary N) is 1. The predicted molar refractivity (Wildman–Crippen MR) is 40.5 cm³/mol. The molecule has 11 heavy (non-hydrogen) atoms. The van der Waals surface area contributed by atoms with Crippen molar-refractivity contribution in [2.75, 3.05) is 5.73 Å². The zero-order chi connectivity index (χ0) is 7.84. The van der Waals surface area contributed by atoms with Crippen LogP contribution in [0.25, 0.3) is 10.9 Å². The first-order valence-electron chi connectivity index (χ1n) is 3.16. The zero-order valence-corrected chi connectivity index (χ0v) is 5.63. The van der Waals surface area contributed by atoms with Crippen LogP contribution in [0.15, 0.2) is 18.2 Å². The van der Waals surface area contributed by atoms with Gasteiger partial charge < -0.3 is 5.73 Å². The Bertz CT molecular complexity index is 393. The van der Waals surface area contributed by atoms with E-state index in [1.807, 2.05) is 0 Å². The van der Waals surface area contributed by atoms with Gasteiger partial charge in [-0.15, -0.1) is 5.10 Å².